The molecule has 0 fully saturated rings. The fraction of sp³-hybridized carbons (Fsp3) is 0.562. The first-order valence-corrected chi connectivity index (χ1v) is 8.25. The number of carbonyl (C=O) groups excluding carboxylic acids is 1. The number of rotatable bonds is 6. The maximum absolute atomic E-state index is 11.8. The quantitative estimate of drug-likeness (QED) is 0.793. The lowest BCUT2D eigenvalue weighted by Gasteiger charge is -2.15. The van der Waals surface area contributed by atoms with Crippen LogP contribution in [0.3, 0.4) is 0 Å². The lowest BCUT2D eigenvalue weighted by molar-refractivity contribution is -0.119. The van der Waals surface area contributed by atoms with Gasteiger partial charge in [0, 0.05) is 10.9 Å². The second-order valence-corrected chi connectivity index (χ2v) is 6.67. The first kappa shape index (κ1) is 15.4. The molecular weight excluding hydrogens is 270 g/mol. The van der Waals surface area contributed by atoms with Gasteiger partial charge in [-0.15, -0.1) is 11.8 Å². The molecule has 4 heteroatoms. The SMILES string of the molecule is CC(O)CC(C)NC(=O)CSc1ccc2c(c1)CCC2. The second kappa shape index (κ2) is 7.14. The maximum atomic E-state index is 11.8. The number of aliphatic hydroxyl groups excluding tert-OH is 1. The summed E-state index contributed by atoms with van der Waals surface area (Å²) in [7, 11) is 0. The summed E-state index contributed by atoms with van der Waals surface area (Å²) >= 11 is 1.58. The fourth-order valence-electron chi connectivity index (χ4n) is 2.67. The number of hydrogen-bond donors (Lipinski definition) is 2. The largest absolute Gasteiger partial charge is 0.393 e. The third kappa shape index (κ3) is 4.53. The number of thioether (sulfide) groups is 1. The van der Waals surface area contributed by atoms with Crippen LogP contribution in [0.2, 0.25) is 0 Å². The molecule has 3 nitrogen and oxygen atoms in total. The van der Waals surface area contributed by atoms with Crippen molar-refractivity contribution in [1.82, 2.24) is 5.32 Å². The Balaban J connectivity index is 1.78. The highest BCUT2D eigenvalue weighted by atomic mass is 32.2. The van der Waals surface area contributed by atoms with E-state index in [4.69, 9.17) is 0 Å². The van der Waals surface area contributed by atoms with Crippen LogP contribution in [0.25, 0.3) is 0 Å². The van der Waals surface area contributed by atoms with Crippen molar-refractivity contribution in [2.75, 3.05) is 5.75 Å². The van der Waals surface area contributed by atoms with E-state index in [2.05, 4.69) is 23.5 Å². The summed E-state index contributed by atoms with van der Waals surface area (Å²) in [6.07, 6.45) is 3.82. The van der Waals surface area contributed by atoms with Gasteiger partial charge in [0.25, 0.3) is 0 Å². The van der Waals surface area contributed by atoms with Crippen LogP contribution >= 0.6 is 11.8 Å². The van der Waals surface area contributed by atoms with Crippen LogP contribution in [0.5, 0.6) is 0 Å². The van der Waals surface area contributed by atoms with Gasteiger partial charge in [0.15, 0.2) is 0 Å². The molecule has 1 amide bonds. The second-order valence-electron chi connectivity index (χ2n) is 5.63. The van der Waals surface area contributed by atoms with Crippen molar-refractivity contribution in [2.24, 2.45) is 0 Å². The molecule has 1 aliphatic carbocycles. The molecule has 2 rings (SSSR count). The van der Waals surface area contributed by atoms with Gasteiger partial charge in [0.2, 0.25) is 5.91 Å². The van der Waals surface area contributed by atoms with Gasteiger partial charge in [-0.3, -0.25) is 4.79 Å². The normalized spacial score (nSPS) is 16.6. The lowest BCUT2D eigenvalue weighted by atomic mass is 10.1. The van der Waals surface area contributed by atoms with Gasteiger partial charge < -0.3 is 10.4 Å². The number of amides is 1. The van der Waals surface area contributed by atoms with Crippen LogP contribution in [-0.4, -0.2) is 28.9 Å². The van der Waals surface area contributed by atoms with Gasteiger partial charge in [0.05, 0.1) is 11.9 Å². The van der Waals surface area contributed by atoms with Crippen molar-refractivity contribution in [3.05, 3.63) is 29.3 Å². The van der Waals surface area contributed by atoms with E-state index in [0.29, 0.717) is 12.2 Å². The Hall–Kier alpha value is -1.00. The van der Waals surface area contributed by atoms with Crippen molar-refractivity contribution in [3.8, 4) is 0 Å². The summed E-state index contributed by atoms with van der Waals surface area (Å²) in [5.74, 6) is 0.465. The van der Waals surface area contributed by atoms with Gasteiger partial charge in [0.1, 0.15) is 0 Å². The number of aryl methyl sites for hydroxylation is 2. The van der Waals surface area contributed by atoms with E-state index in [1.807, 2.05) is 6.92 Å². The molecule has 110 valence electrons. The first-order valence-electron chi connectivity index (χ1n) is 7.26. The summed E-state index contributed by atoms with van der Waals surface area (Å²) in [6, 6.07) is 6.54. The van der Waals surface area contributed by atoms with Crippen LogP contribution in [-0.2, 0) is 17.6 Å². The van der Waals surface area contributed by atoms with Crippen molar-refractivity contribution < 1.29 is 9.90 Å². The highest BCUT2D eigenvalue weighted by Crippen LogP contribution is 2.27. The Bertz CT molecular complexity index is 474. The van der Waals surface area contributed by atoms with E-state index in [9.17, 15) is 9.90 Å². The predicted octanol–water partition coefficient (Wildman–Crippen LogP) is 2.54. The number of hydrogen-bond acceptors (Lipinski definition) is 3. The minimum atomic E-state index is -0.380. The van der Waals surface area contributed by atoms with E-state index in [0.717, 1.165) is 0 Å². The van der Waals surface area contributed by atoms with Crippen LogP contribution in [0.4, 0.5) is 0 Å². The Kier molecular flexibility index (Phi) is 5.49. The molecule has 1 aromatic rings. The third-order valence-corrected chi connectivity index (χ3v) is 4.54. The molecule has 0 saturated heterocycles. The highest BCUT2D eigenvalue weighted by molar-refractivity contribution is 8.00. The minimum absolute atomic E-state index is 0.0168. The van der Waals surface area contributed by atoms with Crippen LogP contribution < -0.4 is 5.32 Å². The monoisotopic (exact) mass is 293 g/mol. The average Bonchev–Trinajstić information content (AvgIpc) is 2.82. The number of aliphatic hydroxyl groups is 1. The molecule has 2 unspecified atom stereocenters. The van der Waals surface area contributed by atoms with Gasteiger partial charge in [-0.05, 0) is 62.8 Å². The summed E-state index contributed by atoms with van der Waals surface area (Å²) in [5.41, 5.74) is 2.90. The van der Waals surface area contributed by atoms with Crippen LogP contribution in [0, 0.1) is 0 Å². The first-order chi connectivity index (χ1) is 9.54. The summed E-state index contributed by atoms with van der Waals surface area (Å²) in [6.45, 7) is 3.66. The predicted molar refractivity (Wildman–Crippen MR) is 83.1 cm³/mol. The van der Waals surface area contributed by atoms with E-state index in [-0.39, 0.29) is 18.1 Å². The topological polar surface area (TPSA) is 49.3 Å². The Labute approximate surface area is 125 Å². The maximum Gasteiger partial charge on any atom is 0.230 e. The van der Waals surface area contributed by atoms with Crippen molar-refractivity contribution in [1.29, 1.82) is 0 Å². The Morgan fingerprint density at radius 2 is 2.10 bits per heavy atom. The zero-order valence-corrected chi connectivity index (χ0v) is 13.0. The molecule has 2 N–H and O–H groups in total. The van der Waals surface area contributed by atoms with E-state index in [1.165, 1.54) is 35.3 Å². The van der Waals surface area contributed by atoms with E-state index < -0.39 is 0 Å². The number of carbonyl (C=O) groups is 1. The van der Waals surface area contributed by atoms with E-state index >= 15 is 0 Å². The molecule has 0 heterocycles. The van der Waals surface area contributed by atoms with Crippen LogP contribution in [0.1, 0.15) is 37.8 Å². The van der Waals surface area contributed by atoms with Gasteiger partial charge in [-0.2, -0.15) is 0 Å². The van der Waals surface area contributed by atoms with Crippen molar-refractivity contribution >= 4 is 17.7 Å². The zero-order valence-electron chi connectivity index (χ0n) is 12.2. The summed E-state index contributed by atoms with van der Waals surface area (Å²) < 4.78 is 0. The smallest absolute Gasteiger partial charge is 0.230 e. The molecule has 1 aromatic carbocycles. The zero-order chi connectivity index (χ0) is 14.5. The molecule has 0 saturated carbocycles. The van der Waals surface area contributed by atoms with Crippen molar-refractivity contribution in [2.45, 2.75) is 56.6 Å². The van der Waals surface area contributed by atoms with Gasteiger partial charge in [-0.25, -0.2) is 0 Å². The molecule has 2 atom stereocenters. The average molecular weight is 293 g/mol. The lowest BCUT2D eigenvalue weighted by Crippen LogP contribution is -2.35. The highest BCUT2D eigenvalue weighted by Gasteiger charge is 2.13. The molecule has 0 bridgehead atoms. The summed E-state index contributed by atoms with van der Waals surface area (Å²) in [4.78, 5) is 13.0. The van der Waals surface area contributed by atoms with Crippen molar-refractivity contribution in [3.63, 3.8) is 0 Å². The molecule has 20 heavy (non-hydrogen) atoms. The number of fused-ring (bicyclic) bond motifs is 1. The molecule has 0 spiro atoms. The molecular formula is C16H23NO2S. The molecule has 0 aromatic heterocycles. The summed E-state index contributed by atoms with van der Waals surface area (Å²) in [5, 5.41) is 12.2. The number of benzene rings is 1. The van der Waals surface area contributed by atoms with Crippen LogP contribution in [0.15, 0.2) is 23.1 Å². The standard InChI is InChI=1S/C16H23NO2S/c1-11(8-12(2)18)17-16(19)10-20-15-7-6-13-4-3-5-14(13)9-15/h6-7,9,11-12,18H,3-5,8,10H2,1-2H3,(H,17,19). The van der Waals surface area contributed by atoms with Gasteiger partial charge >= 0.3 is 0 Å². The molecule has 0 aliphatic heterocycles. The van der Waals surface area contributed by atoms with Gasteiger partial charge in [-0.1, -0.05) is 6.07 Å². The third-order valence-electron chi connectivity index (χ3n) is 3.54. The number of nitrogens with one attached hydrogen (secondary N) is 1. The molecule has 0 radical (unpaired) electrons. The van der Waals surface area contributed by atoms with E-state index in [1.54, 1.807) is 18.7 Å². The Morgan fingerprint density at radius 3 is 2.85 bits per heavy atom. The molecule has 1 aliphatic rings. The minimum Gasteiger partial charge on any atom is -0.393 e. The fourth-order valence-corrected chi connectivity index (χ4v) is 3.44. The Morgan fingerprint density at radius 1 is 1.35 bits per heavy atom.